The Morgan fingerprint density at radius 3 is 2.82 bits per heavy atom. The molecule has 0 fully saturated rings. The van der Waals surface area contributed by atoms with Gasteiger partial charge in [0, 0.05) is 24.9 Å². The van der Waals surface area contributed by atoms with E-state index in [-0.39, 0.29) is 6.04 Å². The summed E-state index contributed by atoms with van der Waals surface area (Å²) in [7, 11) is 0. The second-order valence-corrected chi connectivity index (χ2v) is 4.91. The zero-order valence-corrected chi connectivity index (χ0v) is 10.6. The Morgan fingerprint density at radius 2 is 2.12 bits per heavy atom. The van der Waals surface area contributed by atoms with Gasteiger partial charge in [-0.05, 0) is 19.3 Å². The van der Waals surface area contributed by atoms with E-state index in [2.05, 4.69) is 29.0 Å². The first-order valence-corrected chi connectivity index (χ1v) is 5.98. The molecule has 2 aromatic rings. The van der Waals surface area contributed by atoms with E-state index in [0.717, 1.165) is 30.0 Å². The molecule has 0 spiro atoms. The molecule has 92 valence electrons. The van der Waals surface area contributed by atoms with Crippen molar-refractivity contribution in [2.24, 2.45) is 11.7 Å². The van der Waals surface area contributed by atoms with Gasteiger partial charge in [-0.3, -0.25) is 9.38 Å². The highest BCUT2D eigenvalue weighted by molar-refractivity contribution is 5.43. The lowest BCUT2D eigenvalue weighted by Gasteiger charge is -2.13. The lowest BCUT2D eigenvalue weighted by Crippen LogP contribution is -2.25. The number of hydrogen-bond acceptors (Lipinski definition) is 4. The molecule has 2 aromatic heterocycles. The Bertz CT molecular complexity index is 503. The fourth-order valence-corrected chi connectivity index (χ4v) is 2.07. The Balaban J connectivity index is 2.24. The van der Waals surface area contributed by atoms with E-state index >= 15 is 0 Å². The molecule has 0 aromatic carbocycles. The molecule has 0 aliphatic heterocycles. The van der Waals surface area contributed by atoms with E-state index in [0.29, 0.717) is 5.92 Å². The first-order valence-electron chi connectivity index (χ1n) is 5.98. The summed E-state index contributed by atoms with van der Waals surface area (Å²) in [6.45, 7) is 6.28. The van der Waals surface area contributed by atoms with Gasteiger partial charge in [-0.1, -0.05) is 13.8 Å². The van der Waals surface area contributed by atoms with Crippen LogP contribution in [0.5, 0.6) is 0 Å². The van der Waals surface area contributed by atoms with Gasteiger partial charge < -0.3 is 5.73 Å². The first-order chi connectivity index (χ1) is 8.08. The van der Waals surface area contributed by atoms with Crippen LogP contribution >= 0.6 is 0 Å². The van der Waals surface area contributed by atoms with Gasteiger partial charge in [0.2, 0.25) is 0 Å². The minimum Gasteiger partial charge on any atom is -0.327 e. The molecule has 0 saturated carbocycles. The van der Waals surface area contributed by atoms with Crippen LogP contribution in [0.1, 0.15) is 31.8 Å². The zero-order chi connectivity index (χ0) is 12.4. The smallest absolute Gasteiger partial charge is 0.182 e. The van der Waals surface area contributed by atoms with E-state index in [1.165, 1.54) is 0 Å². The summed E-state index contributed by atoms with van der Waals surface area (Å²) in [6, 6.07) is 0.130. The highest BCUT2D eigenvalue weighted by Gasteiger charge is 2.12. The third-order valence-corrected chi connectivity index (χ3v) is 2.80. The van der Waals surface area contributed by atoms with E-state index in [1.807, 2.05) is 17.5 Å². The minimum absolute atomic E-state index is 0.130. The number of aryl methyl sites for hydroxylation is 1. The maximum absolute atomic E-state index is 6.11. The summed E-state index contributed by atoms with van der Waals surface area (Å²) in [5.41, 5.74) is 7.86. The average Bonchev–Trinajstić information content (AvgIpc) is 2.61. The molecule has 0 amide bonds. The number of nitrogens with zero attached hydrogens (tertiary/aromatic N) is 4. The number of fused-ring (bicyclic) bond motifs is 1. The molecule has 0 radical (unpaired) electrons. The van der Waals surface area contributed by atoms with Gasteiger partial charge >= 0.3 is 0 Å². The highest BCUT2D eigenvalue weighted by Crippen LogP contribution is 2.12. The molecule has 2 heterocycles. The van der Waals surface area contributed by atoms with Gasteiger partial charge in [-0.2, -0.15) is 0 Å². The van der Waals surface area contributed by atoms with E-state index in [1.54, 1.807) is 6.20 Å². The third-order valence-electron chi connectivity index (χ3n) is 2.80. The summed E-state index contributed by atoms with van der Waals surface area (Å²) >= 11 is 0. The van der Waals surface area contributed by atoms with Crippen molar-refractivity contribution in [2.75, 3.05) is 0 Å². The van der Waals surface area contributed by atoms with Gasteiger partial charge in [0.25, 0.3) is 0 Å². The van der Waals surface area contributed by atoms with Crippen LogP contribution in [0.2, 0.25) is 0 Å². The van der Waals surface area contributed by atoms with Crippen LogP contribution in [0, 0.1) is 12.8 Å². The van der Waals surface area contributed by atoms with Gasteiger partial charge in [-0.15, -0.1) is 10.2 Å². The van der Waals surface area contributed by atoms with Crippen LogP contribution in [0.25, 0.3) is 5.65 Å². The van der Waals surface area contributed by atoms with Crippen LogP contribution in [0.4, 0.5) is 0 Å². The summed E-state index contributed by atoms with van der Waals surface area (Å²) in [4.78, 5) is 4.36. The van der Waals surface area contributed by atoms with Crippen molar-refractivity contribution in [3.63, 3.8) is 0 Å². The van der Waals surface area contributed by atoms with Crippen molar-refractivity contribution >= 4 is 5.65 Å². The monoisotopic (exact) mass is 233 g/mol. The fraction of sp³-hybridized carbons (Fsp3) is 0.583. The second-order valence-electron chi connectivity index (χ2n) is 4.91. The summed E-state index contributed by atoms with van der Waals surface area (Å²) < 4.78 is 1.95. The maximum atomic E-state index is 6.11. The molecular weight excluding hydrogens is 214 g/mol. The molecule has 0 aliphatic rings. The molecule has 2 rings (SSSR count). The van der Waals surface area contributed by atoms with Gasteiger partial charge in [0.15, 0.2) is 5.65 Å². The van der Waals surface area contributed by atoms with Crippen molar-refractivity contribution in [3.8, 4) is 0 Å². The molecule has 0 saturated heterocycles. The van der Waals surface area contributed by atoms with Crippen molar-refractivity contribution < 1.29 is 0 Å². The quantitative estimate of drug-likeness (QED) is 0.865. The second kappa shape index (κ2) is 4.79. The van der Waals surface area contributed by atoms with Crippen LogP contribution < -0.4 is 5.73 Å². The summed E-state index contributed by atoms with van der Waals surface area (Å²) in [6.07, 6.45) is 5.40. The number of rotatable bonds is 4. The zero-order valence-electron chi connectivity index (χ0n) is 10.6. The summed E-state index contributed by atoms with van der Waals surface area (Å²) in [5.74, 6) is 1.48. The molecular formula is C12H19N5. The lowest BCUT2D eigenvalue weighted by atomic mass is 10.0. The van der Waals surface area contributed by atoms with Crippen LogP contribution in [0.3, 0.4) is 0 Å². The standard InChI is InChI=1S/C12H19N5/c1-8(2)6-10(13)7-11-12-16-15-9(3)17(12)5-4-14-11/h4-5,8,10H,6-7,13H2,1-3H3. The van der Waals surface area contributed by atoms with Gasteiger partial charge in [0.1, 0.15) is 5.82 Å². The van der Waals surface area contributed by atoms with Crippen LogP contribution in [0.15, 0.2) is 12.4 Å². The molecule has 1 atom stereocenters. The maximum Gasteiger partial charge on any atom is 0.182 e. The topological polar surface area (TPSA) is 69.1 Å². The van der Waals surface area contributed by atoms with E-state index in [9.17, 15) is 0 Å². The van der Waals surface area contributed by atoms with Crippen LogP contribution in [-0.2, 0) is 6.42 Å². The fourth-order valence-electron chi connectivity index (χ4n) is 2.07. The van der Waals surface area contributed by atoms with Crippen molar-refractivity contribution in [1.29, 1.82) is 0 Å². The predicted molar refractivity (Wildman–Crippen MR) is 66.7 cm³/mol. The molecule has 0 bridgehead atoms. The lowest BCUT2D eigenvalue weighted by molar-refractivity contribution is 0.490. The van der Waals surface area contributed by atoms with Gasteiger partial charge in [-0.25, -0.2) is 0 Å². The Labute approximate surface area is 101 Å². The summed E-state index contributed by atoms with van der Waals surface area (Å²) in [5, 5.41) is 8.20. The Morgan fingerprint density at radius 1 is 1.35 bits per heavy atom. The van der Waals surface area contributed by atoms with Gasteiger partial charge in [0.05, 0.1) is 5.69 Å². The number of hydrogen-bond donors (Lipinski definition) is 1. The van der Waals surface area contributed by atoms with Crippen molar-refractivity contribution in [2.45, 2.75) is 39.7 Å². The van der Waals surface area contributed by atoms with Crippen LogP contribution in [-0.4, -0.2) is 25.6 Å². The predicted octanol–water partition coefficient (Wildman–Crippen LogP) is 1.35. The highest BCUT2D eigenvalue weighted by atomic mass is 15.2. The normalized spacial score (nSPS) is 13.5. The Kier molecular flexibility index (Phi) is 3.38. The van der Waals surface area contributed by atoms with E-state index < -0.39 is 0 Å². The van der Waals surface area contributed by atoms with Crippen molar-refractivity contribution in [1.82, 2.24) is 19.6 Å². The third kappa shape index (κ3) is 2.61. The largest absolute Gasteiger partial charge is 0.327 e. The average molecular weight is 233 g/mol. The van der Waals surface area contributed by atoms with Crippen molar-refractivity contribution in [3.05, 3.63) is 23.9 Å². The molecule has 5 heteroatoms. The molecule has 17 heavy (non-hydrogen) atoms. The first kappa shape index (κ1) is 12.0. The molecule has 5 nitrogen and oxygen atoms in total. The molecule has 2 N–H and O–H groups in total. The van der Waals surface area contributed by atoms with E-state index in [4.69, 9.17) is 5.73 Å². The number of aromatic nitrogens is 4. The Hall–Kier alpha value is -1.49. The molecule has 1 unspecified atom stereocenters. The number of nitrogens with two attached hydrogens (primary N) is 1. The molecule has 0 aliphatic carbocycles. The minimum atomic E-state index is 0.130. The SMILES string of the molecule is Cc1nnc2c(CC(N)CC(C)C)nccn12.